The molecule has 0 aromatic heterocycles. The van der Waals surface area contributed by atoms with Crippen LogP contribution in [0, 0.1) is 34.0 Å². The quantitative estimate of drug-likeness (QED) is 0.491. The zero-order chi connectivity index (χ0) is 8.12. The van der Waals surface area contributed by atoms with Crippen molar-refractivity contribution in [3.05, 3.63) is 0 Å². The third kappa shape index (κ3) is 55.2. The van der Waals surface area contributed by atoms with E-state index in [2.05, 4.69) is 0 Å². The molecule has 0 atom stereocenters. The molecule has 0 fully saturated rings. The molecule has 0 aromatic carbocycles. The van der Waals surface area contributed by atoms with Gasteiger partial charge in [-0.15, -0.1) is 0 Å². The number of hydrogen-bond donors (Lipinski definition) is 0. The predicted molar refractivity (Wildman–Crippen MR) is 33.9 cm³/mol. The van der Waals surface area contributed by atoms with E-state index in [1.165, 1.54) is 20.8 Å². The van der Waals surface area contributed by atoms with Gasteiger partial charge in [-0.05, 0) is 0 Å². The summed E-state index contributed by atoms with van der Waals surface area (Å²) in [6.07, 6.45) is 0. The summed E-state index contributed by atoms with van der Waals surface area (Å²) < 4.78 is 0. The number of nitriles is 3. The molecule has 0 rings (SSSR count). The summed E-state index contributed by atoms with van der Waals surface area (Å²) in [5.41, 5.74) is 0. The molecule has 0 N–H and O–H groups in total. The first-order valence-corrected chi connectivity index (χ1v) is 2.17. The highest BCUT2D eigenvalue weighted by Gasteiger charge is 1.18. The molecule has 0 amide bonds. The average Bonchev–Trinajstić information content (AvgIpc) is 1.70. The van der Waals surface area contributed by atoms with Crippen molar-refractivity contribution in [1.29, 1.82) is 15.8 Å². The lowest BCUT2D eigenvalue weighted by Crippen LogP contribution is -1.10. The van der Waals surface area contributed by atoms with Gasteiger partial charge in [0.15, 0.2) is 0 Å². The van der Waals surface area contributed by atoms with E-state index >= 15 is 0 Å². The van der Waals surface area contributed by atoms with Crippen LogP contribution in [0.25, 0.3) is 0 Å². The number of rotatable bonds is 0. The van der Waals surface area contributed by atoms with Crippen molar-refractivity contribution < 1.29 is 0 Å². The molecule has 0 unspecified atom stereocenters. The molecule has 48 valence electrons. The maximum Gasteiger partial charge on any atom is 0.0587 e. The lowest BCUT2D eigenvalue weighted by Gasteiger charge is -1.15. The van der Waals surface area contributed by atoms with Gasteiger partial charge in [-0.2, -0.15) is 15.8 Å². The first-order chi connectivity index (χ1) is 4.24. The zero-order valence-electron chi connectivity index (χ0n) is 5.84. The Kier molecular flexibility index (Phi) is 156. The molecular weight excluding hydrogens is 114 g/mol. The van der Waals surface area contributed by atoms with E-state index in [0.29, 0.717) is 0 Å². The van der Waals surface area contributed by atoms with Gasteiger partial charge in [0.25, 0.3) is 0 Å². The van der Waals surface area contributed by atoms with Crippen LogP contribution in [0.5, 0.6) is 0 Å². The van der Waals surface area contributed by atoms with Crippen molar-refractivity contribution in [3.63, 3.8) is 0 Å². The van der Waals surface area contributed by atoms with Crippen molar-refractivity contribution in [2.75, 3.05) is 0 Å². The molecular formula is C6H9N3. The van der Waals surface area contributed by atoms with Crippen LogP contribution in [0.2, 0.25) is 0 Å². The Bertz CT molecular complexity index is 101. The van der Waals surface area contributed by atoms with Gasteiger partial charge < -0.3 is 0 Å². The van der Waals surface area contributed by atoms with Gasteiger partial charge in [0.2, 0.25) is 0 Å². The lowest BCUT2D eigenvalue weighted by atomic mass is 11.0. The molecule has 0 radical (unpaired) electrons. The normalized spacial score (nSPS) is 2.67. The Balaban J connectivity index is -0.0000000600. The van der Waals surface area contributed by atoms with Crippen LogP contribution in [-0.4, -0.2) is 0 Å². The van der Waals surface area contributed by atoms with E-state index in [-0.39, 0.29) is 0 Å². The third-order valence-corrected chi connectivity index (χ3v) is 0. The summed E-state index contributed by atoms with van der Waals surface area (Å²) in [5, 5.41) is 22.0. The SMILES string of the molecule is CC#N.CC#N.CC#N. The van der Waals surface area contributed by atoms with E-state index in [0.717, 1.165) is 0 Å². The fourth-order valence-corrected chi connectivity index (χ4v) is 0. The predicted octanol–water partition coefficient (Wildman–Crippen LogP) is 1.59. The van der Waals surface area contributed by atoms with Crippen molar-refractivity contribution in [2.45, 2.75) is 20.8 Å². The van der Waals surface area contributed by atoms with Gasteiger partial charge in [-0.25, -0.2) is 0 Å². The third-order valence-electron chi connectivity index (χ3n) is 0. The van der Waals surface area contributed by atoms with E-state index in [9.17, 15) is 0 Å². The molecule has 0 saturated carbocycles. The Labute approximate surface area is 55.8 Å². The second kappa shape index (κ2) is 89.6. The molecule has 0 spiro atoms. The standard InChI is InChI=1S/3C2H3N/c3*1-2-3/h3*1H3. The fourth-order valence-electron chi connectivity index (χ4n) is 0. The smallest absolute Gasteiger partial charge is 0.0587 e. The van der Waals surface area contributed by atoms with Crippen LogP contribution in [0.3, 0.4) is 0 Å². The van der Waals surface area contributed by atoms with Crippen LogP contribution in [0.4, 0.5) is 0 Å². The monoisotopic (exact) mass is 123 g/mol. The Morgan fingerprint density at radius 1 is 0.667 bits per heavy atom. The fraction of sp³-hybridized carbons (Fsp3) is 0.500. The van der Waals surface area contributed by atoms with Gasteiger partial charge >= 0.3 is 0 Å². The maximum atomic E-state index is 7.32. The first kappa shape index (κ1) is 15.6. The second-order valence-corrected chi connectivity index (χ2v) is 0.671. The summed E-state index contributed by atoms with van der Waals surface area (Å²) in [7, 11) is 0. The molecule has 0 aliphatic heterocycles. The topological polar surface area (TPSA) is 71.4 Å². The van der Waals surface area contributed by atoms with Crippen LogP contribution >= 0.6 is 0 Å². The van der Waals surface area contributed by atoms with Crippen LogP contribution in [0.15, 0.2) is 0 Å². The molecule has 9 heavy (non-hydrogen) atoms. The van der Waals surface area contributed by atoms with E-state index in [1.54, 1.807) is 18.2 Å². The van der Waals surface area contributed by atoms with Crippen molar-refractivity contribution in [2.24, 2.45) is 0 Å². The van der Waals surface area contributed by atoms with Gasteiger partial charge in [0.1, 0.15) is 0 Å². The minimum Gasteiger partial charge on any atom is -0.199 e. The minimum absolute atomic E-state index is 1.43. The first-order valence-electron chi connectivity index (χ1n) is 2.17. The summed E-state index contributed by atoms with van der Waals surface area (Å²) in [6, 6.07) is 5.25. The second-order valence-electron chi connectivity index (χ2n) is 0.671. The Hall–Kier alpha value is -1.53. The van der Waals surface area contributed by atoms with Crippen LogP contribution < -0.4 is 0 Å². The highest BCUT2D eigenvalue weighted by Crippen LogP contribution is 1.22. The molecule has 0 bridgehead atoms. The summed E-state index contributed by atoms with van der Waals surface area (Å²) in [5.74, 6) is 0. The summed E-state index contributed by atoms with van der Waals surface area (Å²) in [6.45, 7) is 4.29. The molecule has 0 aliphatic rings. The molecule has 0 heterocycles. The van der Waals surface area contributed by atoms with Gasteiger partial charge in [0.05, 0.1) is 18.2 Å². The van der Waals surface area contributed by atoms with Crippen LogP contribution in [-0.2, 0) is 0 Å². The molecule has 0 aromatic rings. The summed E-state index contributed by atoms with van der Waals surface area (Å²) in [4.78, 5) is 0. The highest BCUT2D eigenvalue weighted by molar-refractivity contribution is 4.51. The largest absolute Gasteiger partial charge is 0.199 e. The Morgan fingerprint density at radius 3 is 0.667 bits per heavy atom. The maximum absolute atomic E-state index is 7.32. The van der Waals surface area contributed by atoms with Crippen molar-refractivity contribution >= 4 is 0 Å². The van der Waals surface area contributed by atoms with Crippen molar-refractivity contribution in [1.82, 2.24) is 0 Å². The van der Waals surface area contributed by atoms with E-state index < -0.39 is 0 Å². The van der Waals surface area contributed by atoms with Gasteiger partial charge in [-0.3, -0.25) is 0 Å². The van der Waals surface area contributed by atoms with Crippen LogP contribution in [0.1, 0.15) is 20.8 Å². The zero-order valence-corrected chi connectivity index (χ0v) is 5.84. The molecule has 0 saturated heterocycles. The molecule has 0 aliphatic carbocycles. The summed E-state index contributed by atoms with van der Waals surface area (Å²) >= 11 is 0. The molecule has 3 heteroatoms. The lowest BCUT2D eigenvalue weighted by molar-refractivity contribution is 1.49. The van der Waals surface area contributed by atoms with Crippen molar-refractivity contribution in [3.8, 4) is 18.2 Å². The van der Waals surface area contributed by atoms with E-state index in [1.807, 2.05) is 0 Å². The number of hydrogen-bond acceptors (Lipinski definition) is 3. The van der Waals surface area contributed by atoms with Gasteiger partial charge in [0, 0.05) is 20.8 Å². The van der Waals surface area contributed by atoms with E-state index in [4.69, 9.17) is 15.8 Å². The minimum atomic E-state index is 1.43. The number of nitrogens with zero attached hydrogens (tertiary/aromatic N) is 3. The Morgan fingerprint density at radius 2 is 0.667 bits per heavy atom. The van der Waals surface area contributed by atoms with Gasteiger partial charge in [-0.1, -0.05) is 0 Å². The average molecular weight is 123 g/mol. The molecule has 3 nitrogen and oxygen atoms in total. The highest BCUT2D eigenvalue weighted by atomic mass is 14.2.